The molecular formula is C20H21N3O3. The Kier molecular flexibility index (Phi) is 5.22. The smallest absolute Gasteiger partial charge is 0.262 e. The lowest BCUT2D eigenvalue weighted by atomic mass is 10.2. The minimum Gasteiger partial charge on any atom is -0.497 e. The van der Waals surface area contributed by atoms with Gasteiger partial charge < -0.3 is 14.8 Å². The van der Waals surface area contributed by atoms with Gasteiger partial charge in [-0.05, 0) is 56.3 Å². The van der Waals surface area contributed by atoms with E-state index in [0.717, 1.165) is 22.8 Å². The Morgan fingerprint density at radius 2 is 1.77 bits per heavy atom. The largest absolute Gasteiger partial charge is 0.497 e. The molecule has 3 aromatic rings. The van der Waals surface area contributed by atoms with E-state index in [2.05, 4.69) is 10.4 Å². The number of nitrogens with zero attached hydrogens (tertiary/aromatic N) is 2. The van der Waals surface area contributed by atoms with Crippen molar-refractivity contribution in [1.82, 2.24) is 9.78 Å². The molecule has 0 radical (unpaired) electrons. The molecule has 2 aromatic carbocycles. The molecule has 1 amide bonds. The van der Waals surface area contributed by atoms with E-state index in [1.807, 2.05) is 48.9 Å². The molecule has 6 nitrogen and oxygen atoms in total. The number of hydrogen-bond donors (Lipinski definition) is 1. The number of ether oxygens (including phenoxy) is 2. The van der Waals surface area contributed by atoms with Crippen molar-refractivity contribution in [2.24, 2.45) is 0 Å². The Balaban J connectivity index is 1.68. The molecule has 0 aliphatic carbocycles. The molecule has 0 fully saturated rings. The Hall–Kier alpha value is -3.28. The van der Waals surface area contributed by atoms with Crippen molar-refractivity contribution in [3.05, 3.63) is 66.0 Å². The van der Waals surface area contributed by atoms with E-state index in [-0.39, 0.29) is 12.5 Å². The van der Waals surface area contributed by atoms with E-state index in [1.165, 1.54) is 0 Å². The van der Waals surface area contributed by atoms with Crippen LogP contribution in [0.3, 0.4) is 0 Å². The minimum atomic E-state index is -0.241. The first-order chi connectivity index (χ1) is 12.6. The van der Waals surface area contributed by atoms with E-state index in [0.29, 0.717) is 11.4 Å². The highest BCUT2D eigenvalue weighted by molar-refractivity contribution is 5.93. The standard InChI is InChI=1S/C20H21N3O3/c1-14-12-15(2)23(22-14)19-7-5-4-6-18(19)21-20(24)13-26-17-10-8-16(25-3)9-11-17/h4-12H,13H2,1-3H3,(H,21,24). The number of aromatic nitrogens is 2. The summed E-state index contributed by atoms with van der Waals surface area (Å²) in [5, 5.41) is 7.37. The van der Waals surface area contributed by atoms with Gasteiger partial charge in [0.1, 0.15) is 11.5 Å². The fourth-order valence-electron chi connectivity index (χ4n) is 2.64. The zero-order valence-electron chi connectivity index (χ0n) is 15.0. The maximum Gasteiger partial charge on any atom is 0.262 e. The van der Waals surface area contributed by atoms with Crippen LogP contribution in [0.15, 0.2) is 54.6 Å². The van der Waals surface area contributed by atoms with Crippen LogP contribution in [0, 0.1) is 13.8 Å². The summed E-state index contributed by atoms with van der Waals surface area (Å²) in [6.45, 7) is 3.83. The van der Waals surface area contributed by atoms with Crippen LogP contribution >= 0.6 is 0 Å². The van der Waals surface area contributed by atoms with Gasteiger partial charge in [0.15, 0.2) is 6.61 Å². The van der Waals surface area contributed by atoms with E-state index in [4.69, 9.17) is 9.47 Å². The molecule has 0 saturated carbocycles. The second-order valence-electron chi connectivity index (χ2n) is 5.87. The molecule has 1 N–H and O–H groups in total. The molecule has 0 aliphatic heterocycles. The number of para-hydroxylation sites is 2. The van der Waals surface area contributed by atoms with Crippen LogP contribution in [-0.2, 0) is 4.79 Å². The number of carbonyl (C=O) groups excluding carboxylic acids is 1. The lowest BCUT2D eigenvalue weighted by Crippen LogP contribution is -2.21. The zero-order chi connectivity index (χ0) is 18.5. The van der Waals surface area contributed by atoms with Gasteiger partial charge in [-0.1, -0.05) is 12.1 Å². The molecule has 1 aromatic heterocycles. The van der Waals surface area contributed by atoms with Gasteiger partial charge in [0.2, 0.25) is 0 Å². The highest BCUT2D eigenvalue weighted by Gasteiger charge is 2.11. The number of methoxy groups -OCH3 is 1. The average Bonchev–Trinajstić information content (AvgIpc) is 2.99. The zero-order valence-corrected chi connectivity index (χ0v) is 15.0. The quantitative estimate of drug-likeness (QED) is 0.738. The fourth-order valence-corrected chi connectivity index (χ4v) is 2.64. The Morgan fingerprint density at radius 1 is 1.08 bits per heavy atom. The predicted octanol–water partition coefficient (Wildman–Crippen LogP) is 3.52. The second kappa shape index (κ2) is 7.74. The third kappa shape index (κ3) is 4.03. The molecular weight excluding hydrogens is 330 g/mol. The van der Waals surface area contributed by atoms with Crippen molar-refractivity contribution in [3.8, 4) is 17.2 Å². The first-order valence-corrected chi connectivity index (χ1v) is 8.26. The summed E-state index contributed by atoms with van der Waals surface area (Å²) in [4.78, 5) is 12.3. The highest BCUT2D eigenvalue weighted by Crippen LogP contribution is 2.22. The first kappa shape index (κ1) is 17.5. The monoisotopic (exact) mass is 351 g/mol. The van der Waals surface area contributed by atoms with Crippen LogP contribution in [0.25, 0.3) is 5.69 Å². The van der Waals surface area contributed by atoms with Crippen molar-refractivity contribution in [3.63, 3.8) is 0 Å². The molecule has 0 unspecified atom stereocenters. The molecule has 0 saturated heterocycles. The Labute approximate surface area is 152 Å². The lowest BCUT2D eigenvalue weighted by molar-refractivity contribution is -0.118. The third-order valence-electron chi connectivity index (χ3n) is 3.85. The summed E-state index contributed by atoms with van der Waals surface area (Å²) >= 11 is 0. The van der Waals surface area contributed by atoms with Gasteiger partial charge in [-0.3, -0.25) is 4.79 Å². The second-order valence-corrected chi connectivity index (χ2v) is 5.87. The molecule has 0 bridgehead atoms. The summed E-state index contributed by atoms with van der Waals surface area (Å²) < 4.78 is 12.4. The molecule has 0 aliphatic rings. The number of amides is 1. The maximum absolute atomic E-state index is 12.3. The molecule has 3 rings (SSSR count). The van der Waals surface area contributed by atoms with Crippen LogP contribution in [-0.4, -0.2) is 29.4 Å². The van der Waals surface area contributed by atoms with Crippen molar-refractivity contribution >= 4 is 11.6 Å². The first-order valence-electron chi connectivity index (χ1n) is 8.26. The van der Waals surface area contributed by atoms with Crippen molar-refractivity contribution in [1.29, 1.82) is 0 Å². The predicted molar refractivity (Wildman–Crippen MR) is 100 cm³/mol. The summed E-state index contributed by atoms with van der Waals surface area (Å²) in [5.74, 6) is 1.10. The summed E-state index contributed by atoms with van der Waals surface area (Å²) in [6, 6.07) is 16.6. The number of benzene rings is 2. The van der Waals surface area contributed by atoms with Crippen LogP contribution in [0.5, 0.6) is 11.5 Å². The van der Waals surface area contributed by atoms with Crippen LogP contribution in [0.4, 0.5) is 5.69 Å². The van der Waals surface area contributed by atoms with Gasteiger partial charge in [0.05, 0.1) is 24.2 Å². The number of nitrogens with one attached hydrogen (secondary N) is 1. The van der Waals surface area contributed by atoms with Gasteiger partial charge in [0.25, 0.3) is 5.91 Å². The minimum absolute atomic E-state index is 0.0855. The van der Waals surface area contributed by atoms with E-state index in [1.54, 1.807) is 31.4 Å². The molecule has 6 heteroatoms. The molecule has 0 atom stereocenters. The summed E-state index contributed by atoms with van der Waals surface area (Å²) in [7, 11) is 1.60. The van der Waals surface area contributed by atoms with Gasteiger partial charge in [-0.25, -0.2) is 4.68 Å². The van der Waals surface area contributed by atoms with Crippen LogP contribution in [0.2, 0.25) is 0 Å². The van der Waals surface area contributed by atoms with Crippen molar-refractivity contribution in [2.75, 3.05) is 19.0 Å². The molecule has 26 heavy (non-hydrogen) atoms. The third-order valence-corrected chi connectivity index (χ3v) is 3.85. The van der Waals surface area contributed by atoms with Crippen molar-refractivity contribution in [2.45, 2.75) is 13.8 Å². The van der Waals surface area contributed by atoms with Crippen molar-refractivity contribution < 1.29 is 14.3 Å². The van der Waals surface area contributed by atoms with Gasteiger partial charge in [0, 0.05) is 5.69 Å². The average molecular weight is 351 g/mol. The highest BCUT2D eigenvalue weighted by atomic mass is 16.5. The van der Waals surface area contributed by atoms with Crippen LogP contribution in [0.1, 0.15) is 11.4 Å². The maximum atomic E-state index is 12.3. The number of hydrogen-bond acceptors (Lipinski definition) is 4. The molecule has 1 heterocycles. The SMILES string of the molecule is COc1ccc(OCC(=O)Nc2ccccc2-n2nc(C)cc2C)cc1. The van der Waals surface area contributed by atoms with E-state index < -0.39 is 0 Å². The van der Waals surface area contributed by atoms with Gasteiger partial charge in [-0.15, -0.1) is 0 Å². The number of aryl methyl sites for hydroxylation is 2. The molecule has 0 spiro atoms. The van der Waals surface area contributed by atoms with Gasteiger partial charge in [-0.2, -0.15) is 5.10 Å². The topological polar surface area (TPSA) is 65.4 Å². The Bertz CT molecular complexity index is 901. The van der Waals surface area contributed by atoms with Crippen LogP contribution < -0.4 is 14.8 Å². The van der Waals surface area contributed by atoms with Gasteiger partial charge >= 0.3 is 0 Å². The normalized spacial score (nSPS) is 10.4. The molecule has 134 valence electrons. The number of anilines is 1. The Morgan fingerprint density at radius 3 is 2.42 bits per heavy atom. The fraction of sp³-hybridized carbons (Fsp3) is 0.200. The number of rotatable bonds is 6. The summed E-state index contributed by atoms with van der Waals surface area (Å²) in [6.07, 6.45) is 0. The lowest BCUT2D eigenvalue weighted by Gasteiger charge is -2.13. The summed E-state index contributed by atoms with van der Waals surface area (Å²) in [5.41, 5.74) is 3.42. The van der Waals surface area contributed by atoms with E-state index in [9.17, 15) is 4.79 Å². The number of carbonyl (C=O) groups is 1. The van der Waals surface area contributed by atoms with E-state index >= 15 is 0 Å².